The fourth-order valence-corrected chi connectivity index (χ4v) is 5.33. The highest BCUT2D eigenvalue weighted by atomic mass is 19.1. The molecule has 2 aromatic rings. The molecule has 2 heterocycles. The van der Waals surface area contributed by atoms with Crippen LogP contribution in [0.5, 0.6) is 0 Å². The molecular weight excluding hydrogens is 459 g/mol. The van der Waals surface area contributed by atoms with Gasteiger partial charge in [-0.3, -0.25) is 4.79 Å². The number of nitrogens with zero attached hydrogens (tertiary/aromatic N) is 2. The Morgan fingerprint density at radius 1 is 1.06 bits per heavy atom. The summed E-state index contributed by atoms with van der Waals surface area (Å²) in [7, 11) is 0. The SMILES string of the molecule is CC(C)(C)OC(=O)N1CCC(CO)(CCC(=O)N2CCc3ccccc3[C@@H]2c2ccc(F)cc2)CC1. The fourth-order valence-electron chi connectivity index (χ4n) is 5.33. The Balaban J connectivity index is 1.44. The second-order valence-corrected chi connectivity index (χ2v) is 11.1. The van der Waals surface area contributed by atoms with Crippen LogP contribution >= 0.6 is 0 Å². The van der Waals surface area contributed by atoms with Crippen molar-refractivity contribution in [3.63, 3.8) is 0 Å². The second kappa shape index (κ2) is 10.6. The summed E-state index contributed by atoms with van der Waals surface area (Å²) in [5.41, 5.74) is 2.22. The van der Waals surface area contributed by atoms with E-state index in [1.165, 1.54) is 17.7 Å². The molecule has 2 aliphatic rings. The van der Waals surface area contributed by atoms with Crippen molar-refractivity contribution < 1.29 is 23.8 Å². The molecule has 0 unspecified atom stereocenters. The Morgan fingerprint density at radius 2 is 1.72 bits per heavy atom. The van der Waals surface area contributed by atoms with Gasteiger partial charge in [-0.1, -0.05) is 36.4 Å². The maximum absolute atomic E-state index is 13.6. The standard InChI is InChI=1S/C29H37FN2O4/c1-28(2,3)36-27(35)31-18-15-29(20-33,16-19-31)14-12-25(34)32-17-13-21-6-4-5-7-24(21)26(32)22-8-10-23(30)11-9-22/h4-11,26,33H,12-20H2,1-3H3/t26-/m0/s1. The number of carbonyl (C=O) groups excluding carboxylic acids is 2. The largest absolute Gasteiger partial charge is 0.444 e. The zero-order chi connectivity index (χ0) is 25.9. The minimum absolute atomic E-state index is 0.0212. The number of fused-ring (bicyclic) bond motifs is 1. The van der Waals surface area contributed by atoms with Crippen molar-refractivity contribution in [3.8, 4) is 0 Å². The van der Waals surface area contributed by atoms with Crippen LogP contribution < -0.4 is 0 Å². The van der Waals surface area contributed by atoms with E-state index in [2.05, 4.69) is 6.07 Å². The molecule has 2 aromatic carbocycles. The third-order valence-corrected chi connectivity index (χ3v) is 7.47. The van der Waals surface area contributed by atoms with E-state index in [1.54, 1.807) is 17.0 Å². The van der Waals surface area contributed by atoms with Gasteiger partial charge in [0, 0.05) is 32.7 Å². The molecule has 0 radical (unpaired) electrons. The molecule has 0 aromatic heterocycles. The van der Waals surface area contributed by atoms with Crippen molar-refractivity contribution in [2.24, 2.45) is 5.41 Å². The molecule has 1 N–H and O–H groups in total. The molecule has 2 aliphatic heterocycles. The smallest absolute Gasteiger partial charge is 0.410 e. The first kappa shape index (κ1) is 26.1. The molecule has 1 atom stereocenters. The van der Waals surface area contributed by atoms with Crippen LogP contribution in [0, 0.1) is 11.2 Å². The Hall–Kier alpha value is -2.93. The predicted molar refractivity (Wildman–Crippen MR) is 136 cm³/mol. The Morgan fingerprint density at radius 3 is 2.36 bits per heavy atom. The van der Waals surface area contributed by atoms with E-state index in [9.17, 15) is 19.1 Å². The predicted octanol–water partition coefficient (Wildman–Crippen LogP) is 5.09. The third kappa shape index (κ3) is 5.89. The number of aliphatic hydroxyl groups excluding tert-OH is 1. The number of hydrogen-bond donors (Lipinski definition) is 1. The summed E-state index contributed by atoms with van der Waals surface area (Å²) in [5.74, 6) is -0.274. The topological polar surface area (TPSA) is 70.1 Å². The van der Waals surface area contributed by atoms with E-state index in [4.69, 9.17) is 4.74 Å². The lowest BCUT2D eigenvalue weighted by Crippen LogP contribution is -2.47. The van der Waals surface area contributed by atoms with Gasteiger partial charge in [-0.2, -0.15) is 0 Å². The van der Waals surface area contributed by atoms with Gasteiger partial charge in [0.05, 0.1) is 6.04 Å². The van der Waals surface area contributed by atoms with E-state index in [1.807, 2.05) is 43.9 Å². The molecule has 36 heavy (non-hydrogen) atoms. The molecule has 0 spiro atoms. The first-order valence-electron chi connectivity index (χ1n) is 12.8. The zero-order valence-electron chi connectivity index (χ0n) is 21.5. The maximum Gasteiger partial charge on any atom is 0.410 e. The molecule has 194 valence electrons. The van der Waals surface area contributed by atoms with E-state index in [0.29, 0.717) is 45.3 Å². The van der Waals surface area contributed by atoms with Gasteiger partial charge in [0.1, 0.15) is 11.4 Å². The van der Waals surface area contributed by atoms with Crippen molar-refractivity contribution in [1.82, 2.24) is 9.80 Å². The van der Waals surface area contributed by atoms with Crippen LogP contribution in [-0.2, 0) is 16.0 Å². The summed E-state index contributed by atoms with van der Waals surface area (Å²) >= 11 is 0. The molecular formula is C29H37FN2O4. The van der Waals surface area contributed by atoms with Gasteiger partial charge in [-0.05, 0) is 80.7 Å². The summed E-state index contributed by atoms with van der Waals surface area (Å²) < 4.78 is 19.1. The van der Waals surface area contributed by atoms with Crippen LogP contribution in [0.4, 0.5) is 9.18 Å². The van der Waals surface area contributed by atoms with Gasteiger partial charge in [0.15, 0.2) is 0 Å². The number of likely N-dealkylation sites (tertiary alicyclic amines) is 1. The van der Waals surface area contributed by atoms with Crippen LogP contribution in [0.15, 0.2) is 48.5 Å². The molecule has 7 heteroatoms. The van der Waals surface area contributed by atoms with Gasteiger partial charge in [0.25, 0.3) is 0 Å². The molecule has 1 saturated heterocycles. The molecule has 0 aliphatic carbocycles. The minimum Gasteiger partial charge on any atom is -0.444 e. The number of ether oxygens (including phenoxy) is 1. The second-order valence-electron chi connectivity index (χ2n) is 11.1. The van der Waals surface area contributed by atoms with Gasteiger partial charge in [-0.15, -0.1) is 0 Å². The van der Waals surface area contributed by atoms with E-state index < -0.39 is 11.0 Å². The Kier molecular flexibility index (Phi) is 7.69. The summed E-state index contributed by atoms with van der Waals surface area (Å²) in [5, 5.41) is 10.3. The molecule has 2 amide bonds. The lowest BCUT2D eigenvalue weighted by atomic mass is 9.75. The summed E-state index contributed by atoms with van der Waals surface area (Å²) in [6.45, 7) is 7.10. The van der Waals surface area contributed by atoms with Crippen LogP contribution in [0.25, 0.3) is 0 Å². The number of carbonyl (C=O) groups is 2. The molecule has 0 bridgehead atoms. The van der Waals surface area contributed by atoms with Gasteiger partial charge < -0.3 is 19.6 Å². The normalized spacial score (nSPS) is 19.5. The highest BCUT2D eigenvalue weighted by molar-refractivity contribution is 5.78. The summed E-state index contributed by atoms with van der Waals surface area (Å²) in [6, 6.07) is 14.2. The fraction of sp³-hybridized carbons (Fsp3) is 0.517. The zero-order valence-corrected chi connectivity index (χ0v) is 21.5. The first-order chi connectivity index (χ1) is 17.1. The molecule has 6 nitrogen and oxygen atoms in total. The quantitative estimate of drug-likeness (QED) is 0.626. The van der Waals surface area contributed by atoms with Crippen molar-refractivity contribution in [2.45, 2.75) is 64.5 Å². The van der Waals surface area contributed by atoms with Crippen LogP contribution in [0.1, 0.15) is 69.2 Å². The number of halogens is 1. The maximum atomic E-state index is 13.6. The van der Waals surface area contributed by atoms with Crippen molar-refractivity contribution in [2.75, 3.05) is 26.2 Å². The monoisotopic (exact) mass is 496 g/mol. The summed E-state index contributed by atoms with van der Waals surface area (Å²) in [4.78, 5) is 29.6. The van der Waals surface area contributed by atoms with Crippen LogP contribution in [-0.4, -0.2) is 58.7 Å². The minimum atomic E-state index is -0.552. The molecule has 0 saturated carbocycles. The van der Waals surface area contributed by atoms with E-state index >= 15 is 0 Å². The van der Waals surface area contributed by atoms with E-state index in [-0.39, 0.29) is 30.5 Å². The van der Waals surface area contributed by atoms with Crippen molar-refractivity contribution in [1.29, 1.82) is 0 Å². The molecule has 1 fully saturated rings. The lowest BCUT2D eigenvalue weighted by Gasteiger charge is -2.42. The first-order valence-corrected chi connectivity index (χ1v) is 12.8. The van der Waals surface area contributed by atoms with Crippen LogP contribution in [0.3, 0.4) is 0 Å². The number of rotatable bonds is 5. The lowest BCUT2D eigenvalue weighted by molar-refractivity contribution is -0.134. The average Bonchev–Trinajstić information content (AvgIpc) is 2.86. The van der Waals surface area contributed by atoms with Crippen molar-refractivity contribution in [3.05, 3.63) is 71.0 Å². The number of benzene rings is 2. The summed E-state index contributed by atoms with van der Waals surface area (Å²) in [6.07, 6.45) is 2.56. The van der Waals surface area contributed by atoms with Gasteiger partial charge in [0.2, 0.25) is 5.91 Å². The van der Waals surface area contributed by atoms with E-state index in [0.717, 1.165) is 17.5 Å². The number of hydrogen-bond acceptors (Lipinski definition) is 4. The molecule has 4 rings (SSSR count). The highest BCUT2D eigenvalue weighted by Crippen LogP contribution is 2.39. The Bertz CT molecular complexity index is 1070. The highest BCUT2D eigenvalue weighted by Gasteiger charge is 2.38. The average molecular weight is 497 g/mol. The third-order valence-electron chi connectivity index (χ3n) is 7.47. The van der Waals surface area contributed by atoms with Gasteiger partial charge >= 0.3 is 6.09 Å². The van der Waals surface area contributed by atoms with Crippen molar-refractivity contribution >= 4 is 12.0 Å². The van der Waals surface area contributed by atoms with Crippen LogP contribution in [0.2, 0.25) is 0 Å². The number of aliphatic hydroxyl groups is 1. The van der Waals surface area contributed by atoms with Gasteiger partial charge in [-0.25, -0.2) is 9.18 Å². The number of amides is 2. The Labute approximate surface area is 213 Å². The number of piperidine rings is 1.